The molecule has 1 aliphatic rings. The molecule has 0 spiro atoms. The summed E-state index contributed by atoms with van der Waals surface area (Å²) in [7, 11) is 1.98. The van der Waals surface area contributed by atoms with Crippen LogP contribution in [0.5, 0.6) is 5.75 Å². The van der Waals surface area contributed by atoms with E-state index in [0.717, 1.165) is 30.9 Å². The van der Waals surface area contributed by atoms with Gasteiger partial charge in [0.05, 0.1) is 18.3 Å². The lowest BCUT2D eigenvalue weighted by molar-refractivity contribution is -0.121. The first kappa shape index (κ1) is 19.7. The van der Waals surface area contributed by atoms with Gasteiger partial charge in [-0.2, -0.15) is 0 Å². The first-order valence-corrected chi connectivity index (χ1v) is 8.09. The summed E-state index contributed by atoms with van der Waals surface area (Å²) in [6.45, 7) is 6.37. The van der Waals surface area contributed by atoms with Gasteiger partial charge < -0.3 is 15.4 Å². The third-order valence-corrected chi connectivity index (χ3v) is 4.23. The van der Waals surface area contributed by atoms with E-state index in [4.69, 9.17) is 4.74 Å². The minimum atomic E-state index is -0.147. The maximum absolute atomic E-state index is 12.5. The maximum atomic E-state index is 12.5. The van der Waals surface area contributed by atoms with E-state index in [0.29, 0.717) is 12.6 Å². The smallest absolute Gasteiger partial charge is 0.241 e. The minimum absolute atomic E-state index is 0. The third kappa shape index (κ3) is 5.37. The maximum Gasteiger partial charge on any atom is 0.241 e. The molecule has 5 nitrogen and oxygen atoms in total. The first-order valence-electron chi connectivity index (χ1n) is 8.09. The zero-order valence-electron chi connectivity index (χ0n) is 14.2. The van der Waals surface area contributed by atoms with Gasteiger partial charge in [-0.15, -0.1) is 12.4 Å². The normalized spacial score (nSPS) is 19.5. The van der Waals surface area contributed by atoms with Crippen LogP contribution in [0.3, 0.4) is 0 Å². The summed E-state index contributed by atoms with van der Waals surface area (Å²) < 4.78 is 5.56. The van der Waals surface area contributed by atoms with Gasteiger partial charge in [-0.3, -0.25) is 9.69 Å². The number of benzene rings is 1. The molecule has 0 aromatic heterocycles. The number of piperidine rings is 1. The van der Waals surface area contributed by atoms with Crippen molar-refractivity contribution in [3.05, 3.63) is 24.3 Å². The second kappa shape index (κ2) is 9.75. The van der Waals surface area contributed by atoms with Crippen LogP contribution >= 0.6 is 12.4 Å². The van der Waals surface area contributed by atoms with Crippen LogP contribution in [-0.2, 0) is 4.79 Å². The molecule has 0 radical (unpaired) electrons. The van der Waals surface area contributed by atoms with Gasteiger partial charge in [-0.25, -0.2) is 0 Å². The average Bonchev–Trinajstić information content (AvgIpc) is 2.56. The molecule has 1 heterocycles. The molecule has 1 saturated heterocycles. The average molecular weight is 342 g/mol. The zero-order valence-corrected chi connectivity index (χ0v) is 15.0. The standard InChI is InChI=1S/C17H27N3O2.ClH/c1-4-22-16-10-6-5-9-15(16)19-17(21)13(2)20-11-7-8-14(12-20)18-3;/h5-6,9-10,13-14,18H,4,7-8,11-12H2,1-3H3,(H,19,21);1H. The van der Waals surface area contributed by atoms with Crippen molar-refractivity contribution in [1.82, 2.24) is 10.2 Å². The van der Waals surface area contributed by atoms with Gasteiger partial charge >= 0.3 is 0 Å². The van der Waals surface area contributed by atoms with Crippen molar-refractivity contribution in [2.24, 2.45) is 0 Å². The number of nitrogens with one attached hydrogen (secondary N) is 2. The van der Waals surface area contributed by atoms with E-state index in [-0.39, 0.29) is 24.4 Å². The van der Waals surface area contributed by atoms with Gasteiger partial charge in [0.15, 0.2) is 0 Å². The number of carbonyl (C=O) groups is 1. The summed E-state index contributed by atoms with van der Waals surface area (Å²) in [4.78, 5) is 14.8. The van der Waals surface area contributed by atoms with Gasteiger partial charge in [-0.05, 0) is 52.4 Å². The van der Waals surface area contributed by atoms with Crippen LogP contribution < -0.4 is 15.4 Å². The Kier molecular flexibility index (Phi) is 8.37. The minimum Gasteiger partial charge on any atom is -0.492 e. The topological polar surface area (TPSA) is 53.6 Å². The van der Waals surface area contributed by atoms with Crippen molar-refractivity contribution in [2.75, 3.05) is 32.1 Å². The number of halogens is 1. The van der Waals surface area contributed by atoms with Crippen molar-refractivity contribution in [3.63, 3.8) is 0 Å². The second-order valence-corrected chi connectivity index (χ2v) is 5.72. The van der Waals surface area contributed by atoms with E-state index >= 15 is 0 Å². The fourth-order valence-corrected chi connectivity index (χ4v) is 2.85. The molecular weight excluding hydrogens is 314 g/mol. The predicted octanol–water partition coefficient (Wildman–Crippen LogP) is 2.52. The van der Waals surface area contributed by atoms with Crippen LogP contribution in [0, 0.1) is 0 Å². The summed E-state index contributed by atoms with van der Waals surface area (Å²) in [6.07, 6.45) is 2.30. The molecule has 23 heavy (non-hydrogen) atoms. The number of anilines is 1. The van der Waals surface area contributed by atoms with Crippen LogP contribution in [0.25, 0.3) is 0 Å². The molecule has 2 unspecified atom stereocenters. The molecule has 0 bridgehead atoms. The van der Waals surface area contributed by atoms with Crippen molar-refractivity contribution >= 4 is 24.0 Å². The van der Waals surface area contributed by atoms with E-state index in [1.807, 2.05) is 45.2 Å². The molecule has 0 saturated carbocycles. The molecule has 0 aliphatic carbocycles. The Hall–Kier alpha value is -1.30. The van der Waals surface area contributed by atoms with Gasteiger partial charge in [0.25, 0.3) is 0 Å². The fourth-order valence-electron chi connectivity index (χ4n) is 2.85. The van der Waals surface area contributed by atoms with Gasteiger partial charge in [0, 0.05) is 12.6 Å². The quantitative estimate of drug-likeness (QED) is 0.834. The Morgan fingerprint density at radius 2 is 2.17 bits per heavy atom. The van der Waals surface area contributed by atoms with Crippen LogP contribution in [0.4, 0.5) is 5.69 Å². The summed E-state index contributed by atoms with van der Waals surface area (Å²) in [6, 6.07) is 7.89. The molecule has 1 fully saturated rings. The van der Waals surface area contributed by atoms with E-state index in [1.54, 1.807) is 0 Å². The summed E-state index contributed by atoms with van der Waals surface area (Å²) >= 11 is 0. The third-order valence-electron chi connectivity index (χ3n) is 4.23. The van der Waals surface area contributed by atoms with Crippen molar-refractivity contribution < 1.29 is 9.53 Å². The molecule has 1 aromatic rings. The summed E-state index contributed by atoms with van der Waals surface area (Å²) in [5.41, 5.74) is 0.739. The Morgan fingerprint density at radius 3 is 2.87 bits per heavy atom. The van der Waals surface area contributed by atoms with Crippen molar-refractivity contribution in [3.8, 4) is 5.75 Å². The molecule has 1 aliphatic heterocycles. The van der Waals surface area contributed by atoms with Gasteiger partial charge in [0.1, 0.15) is 5.75 Å². The van der Waals surface area contributed by atoms with E-state index in [2.05, 4.69) is 15.5 Å². The van der Waals surface area contributed by atoms with Crippen LogP contribution in [-0.4, -0.2) is 49.6 Å². The molecule has 1 aromatic carbocycles. The molecule has 1 amide bonds. The molecular formula is C17H28ClN3O2. The Morgan fingerprint density at radius 1 is 1.43 bits per heavy atom. The summed E-state index contributed by atoms with van der Waals surface area (Å²) in [5.74, 6) is 0.737. The van der Waals surface area contributed by atoms with Gasteiger partial charge in [-0.1, -0.05) is 12.1 Å². The number of carbonyl (C=O) groups excluding carboxylic acids is 1. The lowest BCUT2D eigenvalue weighted by Crippen LogP contribution is -2.51. The lowest BCUT2D eigenvalue weighted by Gasteiger charge is -2.36. The number of para-hydroxylation sites is 2. The van der Waals surface area contributed by atoms with Crippen LogP contribution in [0.1, 0.15) is 26.7 Å². The zero-order chi connectivity index (χ0) is 15.9. The molecule has 2 rings (SSSR count). The number of likely N-dealkylation sites (N-methyl/N-ethyl adjacent to an activating group) is 1. The number of amides is 1. The highest BCUT2D eigenvalue weighted by molar-refractivity contribution is 5.95. The molecule has 130 valence electrons. The molecule has 2 N–H and O–H groups in total. The monoisotopic (exact) mass is 341 g/mol. The second-order valence-electron chi connectivity index (χ2n) is 5.72. The largest absolute Gasteiger partial charge is 0.492 e. The Bertz CT molecular complexity index is 498. The Balaban J connectivity index is 0.00000264. The molecule has 2 atom stereocenters. The number of hydrogen-bond donors (Lipinski definition) is 2. The van der Waals surface area contributed by atoms with Crippen LogP contribution in [0.15, 0.2) is 24.3 Å². The number of hydrogen-bond acceptors (Lipinski definition) is 4. The van der Waals surface area contributed by atoms with Gasteiger partial charge in [0.2, 0.25) is 5.91 Å². The van der Waals surface area contributed by atoms with Crippen molar-refractivity contribution in [1.29, 1.82) is 0 Å². The van der Waals surface area contributed by atoms with Crippen molar-refractivity contribution in [2.45, 2.75) is 38.8 Å². The van der Waals surface area contributed by atoms with E-state index < -0.39 is 0 Å². The predicted molar refractivity (Wildman–Crippen MR) is 96.6 cm³/mol. The number of rotatable bonds is 6. The highest BCUT2D eigenvalue weighted by Crippen LogP contribution is 2.24. The number of likely N-dealkylation sites (tertiary alicyclic amines) is 1. The fraction of sp³-hybridized carbons (Fsp3) is 0.588. The molecule has 6 heteroatoms. The highest BCUT2D eigenvalue weighted by Gasteiger charge is 2.27. The highest BCUT2D eigenvalue weighted by atomic mass is 35.5. The van der Waals surface area contributed by atoms with E-state index in [1.165, 1.54) is 6.42 Å². The number of nitrogens with zero attached hydrogens (tertiary/aromatic N) is 1. The van der Waals surface area contributed by atoms with E-state index in [9.17, 15) is 4.79 Å². The number of ether oxygens (including phenoxy) is 1. The summed E-state index contributed by atoms with van der Waals surface area (Å²) in [5, 5.41) is 6.31. The lowest BCUT2D eigenvalue weighted by atomic mass is 10.0. The first-order chi connectivity index (χ1) is 10.7. The SMILES string of the molecule is CCOc1ccccc1NC(=O)C(C)N1CCCC(NC)C1.Cl. The van der Waals surface area contributed by atoms with Crippen LogP contribution in [0.2, 0.25) is 0 Å². The Labute approximate surface area is 145 Å².